The summed E-state index contributed by atoms with van der Waals surface area (Å²) in [7, 11) is 0. The van der Waals surface area contributed by atoms with Gasteiger partial charge in [-0.25, -0.2) is 0 Å². The van der Waals surface area contributed by atoms with Gasteiger partial charge in [0, 0.05) is 50.5 Å². The van der Waals surface area contributed by atoms with Crippen molar-refractivity contribution in [1.29, 1.82) is 0 Å². The van der Waals surface area contributed by atoms with E-state index in [-0.39, 0.29) is 0 Å². The van der Waals surface area contributed by atoms with E-state index in [0.717, 1.165) is 63.4 Å². The van der Waals surface area contributed by atoms with Crippen molar-refractivity contribution >= 4 is 23.6 Å². The second kappa shape index (κ2) is 11.0. The van der Waals surface area contributed by atoms with Crippen LogP contribution in [0.15, 0.2) is 0 Å². The van der Waals surface area contributed by atoms with E-state index in [4.69, 9.17) is 0 Å². The Morgan fingerprint density at radius 3 is 1.30 bits per heavy atom. The van der Waals surface area contributed by atoms with Gasteiger partial charge in [-0.15, -0.1) is 0 Å². The number of amides is 2. The van der Waals surface area contributed by atoms with E-state index in [2.05, 4.69) is 0 Å². The van der Waals surface area contributed by atoms with E-state index in [0.29, 0.717) is 24.7 Å². The molecule has 2 aliphatic rings. The third kappa shape index (κ3) is 7.15. The van der Waals surface area contributed by atoms with Gasteiger partial charge in [0.15, 0.2) is 0 Å². The summed E-state index contributed by atoms with van der Waals surface area (Å²) in [5.74, 6) is 2.31. The average molecular weight is 341 g/mol. The molecular weight excluding hydrogens is 308 g/mol. The molecule has 2 rings (SSSR count). The molecular formula is C18H32N2O2S. The van der Waals surface area contributed by atoms with Crippen LogP contribution in [0, 0.1) is 0 Å². The van der Waals surface area contributed by atoms with Crippen molar-refractivity contribution in [1.82, 2.24) is 9.80 Å². The van der Waals surface area contributed by atoms with Gasteiger partial charge in [-0.2, -0.15) is 11.8 Å². The quantitative estimate of drug-likeness (QED) is 0.697. The fourth-order valence-corrected chi connectivity index (χ4v) is 4.22. The minimum Gasteiger partial charge on any atom is -0.343 e. The first-order chi connectivity index (χ1) is 11.3. The van der Waals surface area contributed by atoms with Crippen molar-refractivity contribution in [2.24, 2.45) is 0 Å². The number of thioether (sulfide) groups is 1. The Bertz CT molecular complexity index is 326. The smallest absolute Gasteiger partial charge is 0.223 e. The highest BCUT2D eigenvalue weighted by atomic mass is 32.2. The Hall–Kier alpha value is -0.710. The molecule has 2 fully saturated rings. The molecule has 0 aromatic carbocycles. The molecule has 2 amide bonds. The molecule has 0 unspecified atom stereocenters. The molecule has 132 valence electrons. The number of carbonyl (C=O) groups is 2. The van der Waals surface area contributed by atoms with Crippen LogP contribution in [0.3, 0.4) is 0 Å². The fraction of sp³-hybridized carbons (Fsp3) is 0.889. The van der Waals surface area contributed by atoms with Crippen LogP contribution in [0.1, 0.15) is 64.2 Å². The molecule has 0 atom stereocenters. The zero-order valence-corrected chi connectivity index (χ0v) is 15.2. The maximum Gasteiger partial charge on any atom is 0.223 e. The van der Waals surface area contributed by atoms with Crippen LogP contribution in [-0.4, -0.2) is 59.3 Å². The first-order valence-corrected chi connectivity index (χ1v) is 10.6. The Balaban J connectivity index is 1.54. The first-order valence-electron chi connectivity index (χ1n) is 9.40. The summed E-state index contributed by atoms with van der Waals surface area (Å²) in [4.78, 5) is 28.4. The lowest BCUT2D eigenvalue weighted by Crippen LogP contribution is -2.32. The van der Waals surface area contributed by atoms with Crippen molar-refractivity contribution in [3.05, 3.63) is 0 Å². The Kier molecular flexibility index (Phi) is 8.87. The van der Waals surface area contributed by atoms with Gasteiger partial charge in [0.05, 0.1) is 0 Å². The van der Waals surface area contributed by atoms with Crippen LogP contribution < -0.4 is 0 Å². The van der Waals surface area contributed by atoms with Crippen LogP contribution >= 0.6 is 11.8 Å². The van der Waals surface area contributed by atoms with Crippen LogP contribution in [-0.2, 0) is 9.59 Å². The topological polar surface area (TPSA) is 40.6 Å². The summed E-state index contributed by atoms with van der Waals surface area (Å²) in [6.45, 7) is 3.77. The number of carbonyl (C=O) groups excluding carboxylic acids is 2. The number of hydrogen-bond donors (Lipinski definition) is 0. The first kappa shape index (κ1) is 18.6. The third-order valence-electron chi connectivity index (χ3n) is 4.84. The molecule has 0 aromatic heterocycles. The average Bonchev–Trinajstić information content (AvgIpc) is 2.99. The molecule has 0 bridgehead atoms. The standard InChI is InChI=1S/C18H32N2O2S/c21-17(19-11-5-1-2-6-12-19)9-15-23-16-10-18(22)20-13-7-3-4-8-14-20/h1-16H2. The highest BCUT2D eigenvalue weighted by Crippen LogP contribution is 2.14. The maximum absolute atomic E-state index is 12.2. The molecule has 2 heterocycles. The van der Waals surface area contributed by atoms with E-state index in [9.17, 15) is 9.59 Å². The van der Waals surface area contributed by atoms with E-state index in [1.165, 1.54) is 25.7 Å². The number of hydrogen-bond acceptors (Lipinski definition) is 3. The van der Waals surface area contributed by atoms with Crippen LogP contribution in [0.25, 0.3) is 0 Å². The lowest BCUT2D eigenvalue weighted by molar-refractivity contribution is -0.131. The Morgan fingerprint density at radius 2 is 0.957 bits per heavy atom. The van der Waals surface area contributed by atoms with E-state index in [1.54, 1.807) is 11.8 Å². The summed E-state index contributed by atoms with van der Waals surface area (Å²) < 4.78 is 0. The number of rotatable bonds is 6. The Morgan fingerprint density at radius 1 is 0.609 bits per heavy atom. The molecule has 0 saturated carbocycles. The summed E-state index contributed by atoms with van der Waals surface area (Å²) >= 11 is 1.75. The summed E-state index contributed by atoms with van der Waals surface area (Å²) in [5.41, 5.74) is 0. The molecule has 2 saturated heterocycles. The summed E-state index contributed by atoms with van der Waals surface area (Å²) in [6.07, 6.45) is 10.9. The van der Waals surface area contributed by atoms with E-state index in [1.807, 2.05) is 9.80 Å². The lowest BCUT2D eigenvalue weighted by atomic mass is 10.2. The fourth-order valence-electron chi connectivity index (χ4n) is 3.38. The predicted octanol–water partition coefficient (Wildman–Crippen LogP) is 3.31. The molecule has 4 nitrogen and oxygen atoms in total. The molecule has 0 spiro atoms. The molecule has 5 heteroatoms. The van der Waals surface area contributed by atoms with Gasteiger partial charge in [-0.1, -0.05) is 25.7 Å². The SMILES string of the molecule is O=C(CCSCCC(=O)N1CCCCCC1)N1CCCCCC1. The van der Waals surface area contributed by atoms with Gasteiger partial charge >= 0.3 is 0 Å². The normalized spacial score (nSPS) is 20.0. The van der Waals surface area contributed by atoms with Gasteiger partial charge in [-0.05, 0) is 25.7 Å². The zero-order chi connectivity index (χ0) is 16.3. The van der Waals surface area contributed by atoms with Crippen molar-refractivity contribution < 1.29 is 9.59 Å². The van der Waals surface area contributed by atoms with Crippen molar-refractivity contribution in [2.75, 3.05) is 37.7 Å². The largest absolute Gasteiger partial charge is 0.343 e. The van der Waals surface area contributed by atoms with Gasteiger partial charge < -0.3 is 9.80 Å². The van der Waals surface area contributed by atoms with Crippen LogP contribution in [0.4, 0.5) is 0 Å². The lowest BCUT2D eigenvalue weighted by Gasteiger charge is -2.21. The Labute approximate surface area is 145 Å². The molecule has 2 aliphatic heterocycles. The molecule has 0 aromatic rings. The van der Waals surface area contributed by atoms with Crippen LogP contribution in [0.5, 0.6) is 0 Å². The van der Waals surface area contributed by atoms with Crippen molar-refractivity contribution in [3.63, 3.8) is 0 Å². The highest BCUT2D eigenvalue weighted by Gasteiger charge is 2.16. The minimum atomic E-state index is 0.304. The molecule has 0 N–H and O–H groups in total. The summed E-state index contributed by atoms with van der Waals surface area (Å²) in [6, 6.07) is 0. The molecule has 0 radical (unpaired) electrons. The third-order valence-corrected chi connectivity index (χ3v) is 5.82. The van der Waals surface area contributed by atoms with Gasteiger partial charge in [0.25, 0.3) is 0 Å². The maximum atomic E-state index is 12.2. The second-order valence-electron chi connectivity index (χ2n) is 6.70. The number of nitrogens with zero attached hydrogens (tertiary/aromatic N) is 2. The van der Waals surface area contributed by atoms with E-state index >= 15 is 0 Å². The van der Waals surface area contributed by atoms with Gasteiger partial charge in [0.1, 0.15) is 0 Å². The predicted molar refractivity (Wildman–Crippen MR) is 96.7 cm³/mol. The molecule has 0 aliphatic carbocycles. The van der Waals surface area contributed by atoms with Crippen molar-refractivity contribution in [3.8, 4) is 0 Å². The molecule has 23 heavy (non-hydrogen) atoms. The minimum absolute atomic E-state index is 0.304. The highest BCUT2D eigenvalue weighted by molar-refractivity contribution is 7.99. The van der Waals surface area contributed by atoms with E-state index < -0.39 is 0 Å². The number of likely N-dealkylation sites (tertiary alicyclic amines) is 2. The zero-order valence-electron chi connectivity index (χ0n) is 14.4. The summed E-state index contributed by atoms with van der Waals surface area (Å²) in [5, 5.41) is 0. The monoisotopic (exact) mass is 340 g/mol. The van der Waals surface area contributed by atoms with Crippen LogP contribution in [0.2, 0.25) is 0 Å². The van der Waals surface area contributed by atoms with Gasteiger partial charge in [0.2, 0.25) is 11.8 Å². The van der Waals surface area contributed by atoms with Crippen molar-refractivity contribution in [2.45, 2.75) is 64.2 Å². The second-order valence-corrected chi connectivity index (χ2v) is 7.93. The van der Waals surface area contributed by atoms with Gasteiger partial charge in [-0.3, -0.25) is 9.59 Å².